The Morgan fingerprint density at radius 2 is 1.89 bits per heavy atom. The van der Waals surface area contributed by atoms with E-state index >= 15 is 0 Å². The van der Waals surface area contributed by atoms with E-state index in [4.69, 9.17) is 23.2 Å². The first kappa shape index (κ1) is 17.6. The monoisotopic (exact) mass is 400 g/mol. The molecule has 6 nitrogen and oxygen atoms in total. The third kappa shape index (κ3) is 3.41. The van der Waals surface area contributed by atoms with Gasteiger partial charge >= 0.3 is 0 Å². The molecule has 2 N–H and O–H groups in total. The summed E-state index contributed by atoms with van der Waals surface area (Å²) in [6.07, 6.45) is 1.62. The normalized spacial score (nSPS) is 15.8. The maximum Gasteiger partial charge on any atom is 0.249 e. The number of amides is 2. The Morgan fingerprint density at radius 1 is 1.15 bits per heavy atom. The first-order valence-corrected chi connectivity index (χ1v) is 8.97. The number of anilines is 2. The lowest BCUT2D eigenvalue weighted by Gasteiger charge is -2.24. The molecule has 1 aromatic heterocycles. The van der Waals surface area contributed by atoms with Gasteiger partial charge in [0.15, 0.2) is 0 Å². The lowest BCUT2D eigenvalue weighted by Crippen LogP contribution is -2.35. The van der Waals surface area contributed by atoms with E-state index in [0.717, 1.165) is 11.1 Å². The lowest BCUT2D eigenvalue weighted by molar-refractivity contribution is -0.125. The smallest absolute Gasteiger partial charge is 0.249 e. The Hall–Kier alpha value is -2.83. The van der Waals surface area contributed by atoms with Crippen LogP contribution in [0.1, 0.15) is 12.5 Å². The second kappa shape index (κ2) is 7.06. The molecule has 1 aliphatic rings. The highest BCUT2D eigenvalue weighted by atomic mass is 35.5. The fraction of sp³-hybridized carbons (Fsp3) is 0.105. The number of halogens is 2. The number of aromatic nitrogens is 2. The summed E-state index contributed by atoms with van der Waals surface area (Å²) < 4.78 is 1.53. The average molecular weight is 401 g/mol. The number of nitrogens with one attached hydrogen (secondary N) is 2. The van der Waals surface area contributed by atoms with Crippen molar-refractivity contribution in [3.63, 3.8) is 0 Å². The second-order valence-corrected chi connectivity index (χ2v) is 6.94. The minimum absolute atomic E-state index is 0.00890. The molecule has 0 radical (unpaired) electrons. The van der Waals surface area contributed by atoms with Crippen LogP contribution in [0.25, 0.3) is 11.1 Å². The fourth-order valence-electron chi connectivity index (χ4n) is 2.99. The van der Waals surface area contributed by atoms with Gasteiger partial charge in [-0.3, -0.25) is 9.59 Å². The van der Waals surface area contributed by atoms with Crippen molar-refractivity contribution in [2.24, 2.45) is 0 Å². The molecule has 136 valence electrons. The third-order valence-electron chi connectivity index (χ3n) is 4.32. The highest BCUT2D eigenvalue weighted by Gasteiger charge is 2.33. The molecule has 0 saturated carbocycles. The van der Waals surface area contributed by atoms with Crippen molar-refractivity contribution in [1.82, 2.24) is 9.78 Å². The van der Waals surface area contributed by atoms with Gasteiger partial charge in [0.2, 0.25) is 11.8 Å². The van der Waals surface area contributed by atoms with E-state index in [0.29, 0.717) is 21.6 Å². The van der Waals surface area contributed by atoms with Gasteiger partial charge in [-0.2, -0.15) is 5.10 Å². The summed E-state index contributed by atoms with van der Waals surface area (Å²) in [6, 6.07) is 13.3. The Labute approximate surface area is 165 Å². The van der Waals surface area contributed by atoms with Crippen LogP contribution in [-0.4, -0.2) is 21.6 Å². The lowest BCUT2D eigenvalue weighted by atomic mass is 10.1. The summed E-state index contributed by atoms with van der Waals surface area (Å²) in [5.74, 6) is -0.129. The summed E-state index contributed by atoms with van der Waals surface area (Å²) in [5.41, 5.74) is 2.05. The molecule has 1 atom stereocenters. The van der Waals surface area contributed by atoms with Gasteiger partial charge in [-0.15, -0.1) is 0 Å². The summed E-state index contributed by atoms with van der Waals surface area (Å²) in [4.78, 5) is 25.0. The Kier molecular flexibility index (Phi) is 4.59. The molecule has 27 heavy (non-hydrogen) atoms. The van der Waals surface area contributed by atoms with Crippen LogP contribution < -0.4 is 10.6 Å². The largest absolute Gasteiger partial charge is 0.323 e. The molecule has 1 unspecified atom stereocenters. The number of hydrogen-bond acceptors (Lipinski definition) is 3. The quantitative estimate of drug-likeness (QED) is 0.684. The van der Waals surface area contributed by atoms with E-state index in [1.165, 1.54) is 4.68 Å². The molecular weight excluding hydrogens is 387 g/mol. The molecule has 8 heteroatoms. The number of nitrogens with zero attached hydrogens (tertiary/aromatic N) is 2. The van der Waals surface area contributed by atoms with Gasteiger partial charge in [-0.25, -0.2) is 4.68 Å². The second-order valence-electron chi connectivity index (χ2n) is 6.10. The summed E-state index contributed by atoms with van der Waals surface area (Å²) in [7, 11) is 0. The standard InChI is InChI=1S/C19H14Cl2N4O2/c20-12-7-5-11(6-8-12)13-10-22-25-16(9-17(26)24-18(13)25)19(27)23-15-4-2-1-3-14(15)21/h1-8,10,16H,9H2,(H,23,27)(H,24,26). The van der Waals surface area contributed by atoms with E-state index in [1.54, 1.807) is 42.6 Å². The number of hydrogen-bond donors (Lipinski definition) is 2. The molecule has 4 rings (SSSR count). The van der Waals surface area contributed by atoms with E-state index < -0.39 is 6.04 Å². The van der Waals surface area contributed by atoms with Crippen molar-refractivity contribution >= 4 is 46.5 Å². The Morgan fingerprint density at radius 3 is 2.63 bits per heavy atom. The van der Waals surface area contributed by atoms with Gasteiger partial charge in [0.25, 0.3) is 0 Å². The molecule has 3 aromatic rings. The maximum atomic E-state index is 12.8. The van der Waals surface area contributed by atoms with Crippen LogP contribution in [0.15, 0.2) is 54.7 Å². The summed E-state index contributed by atoms with van der Waals surface area (Å²) in [6.45, 7) is 0. The molecule has 0 aliphatic carbocycles. The molecule has 0 spiro atoms. The first-order valence-electron chi connectivity index (χ1n) is 8.21. The van der Waals surface area contributed by atoms with Crippen LogP contribution in [0.3, 0.4) is 0 Å². The zero-order valence-corrected chi connectivity index (χ0v) is 15.5. The number of para-hydroxylation sites is 1. The van der Waals surface area contributed by atoms with Crippen molar-refractivity contribution in [2.45, 2.75) is 12.5 Å². The van der Waals surface area contributed by atoms with Crippen LogP contribution in [-0.2, 0) is 9.59 Å². The molecule has 2 amide bonds. The predicted octanol–water partition coefficient (Wildman–Crippen LogP) is 4.38. The summed E-state index contributed by atoms with van der Waals surface area (Å²) >= 11 is 12.0. The first-order chi connectivity index (χ1) is 13.0. The fourth-order valence-corrected chi connectivity index (χ4v) is 3.30. The minimum Gasteiger partial charge on any atom is -0.323 e. The molecule has 0 fully saturated rings. The summed E-state index contributed by atoms with van der Waals surface area (Å²) in [5, 5.41) is 10.9. The van der Waals surface area contributed by atoms with E-state index in [1.807, 2.05) is 12.1 Å². The SMILES string of the molecule is O=C1CC(C(=O)Nc2ccccc2Cl)n2ncc(-c3ccc(Cl)cc3)c2N1. The number of carbonyl (C=O) groups is 2. The van der Waals surface area contributed by atoms with Crippen molar-refractivity contribution in [3.05, 3.63) is 64.8 Å². The highest BCUT2D eigenvalue weighted by molar-refractivity contribution is 6.33. The molecule has 0 saturated heterocycles. The topological polar surface area (TPSA) is 76.0 Å². The average Bonchev–Trinajstić information content (AvgIpc) is 3.07. The van der Waals surface area contributed by atoms with Gasteiger partial charge in [-0.1, -0.05) is 47.5 Å². The minimum atomic E-state index is -0.772. The van der Waals surface area contributed by atoms with E-state index in [9.17, 15) is 9.59 Å². The molecular formula is C19H14Cl2N4O2. The van der Waals surface area contributed by atoms with Crippen LogP contribution in [0.5, 0.6) is 0 Å². The number of fused-ring (bicyclic) bond motifs is 1. The Balaban J connectivity index is 1.67. The van der Waals surface area contributed by atoms with Crippen molar-refractivity contribution in [1.29, 1.82) is 0 Å². The van der Waals surface area contributed by atoms with Gasteiger partial charge in [0.05, 0.1) is 23.3 Å². The number of carbonyl (C=O) groups excluding carboxylic acids is 2. The van der Waals surface area contributed by atoms with Gasteiger partial charge in [0.1, 0.15) is 11.9 Å². The highest BCUT2D eigenvalue weighted by Crippen LogP contribution is 2.35. The van der Waals surface area contributed by atoms with E-state index in [2.05, 4.69) is 15.7 Å². The van der Waals surface area contributed by atoms with Gasteiger partial charge in [0, 0.05) is 10.6 Å². The Bertz CT molecular complexity index is 1030. The van der Waals surface area contributed by atoms with Crippen molar-refractivity contribution in [3.8, 4) is 11.1 Å². The molecule has 1 aliphatic heterocycles. The van der Waals surface area contributed by atoms with Gasteiger partial charge in [-0.05, 0) is 29.8 Å². The predicted molar refractivity (Wildman–Crippen MR) is 105 cm³/mol. The van der Waals surface area contributed by atoms with Crippen LogP contribution in [0.2, 0.25) is 10.0 Å². The van der Waals surface area contributed by atoms with Gasteiger partial charge < -0.3 is 10.6 Å². The zero-order chi connectivity index (χ0) is 19.0. The molecule has 2 aromatic carbocycles. The molecule has 2 heterocycles. The van der Waals surface area contributed by atoms with E-state index in [-0.39, 0.29) is 18.2 Å². The van der Waals surface area contributed by atoms with Crippen LogP contribution in [0, 0.1) is 0 Å². The maximum absolute atomic E-state index is 12.8. The number of rotatable bonds is 3. The van der Waals surface area contributed by atoms with Crippen LogP contribution >= 0.6 is 23.2 Å². The molecule has 0 bridgehead atoms. The van der Waals surface area contributed by atoms with Crippen molar-refractivity contribution in [2.75, 3.05) is 10.6 Å². The third-order valence-corrected chi connectivity index (χ3v) is 4.90. The zero-order valence-electron chi connectivity index (χ0n) is 13.9. The number of benzene rings is 2. The van der Waals surface area contributed by atoms with Crippen LogP contribution in [0.4, 0.5) is 11.5 Å². The van der Waals surface area contributed by atoms with Crippen molar-refractivity contribution < 1.29 is 9.59 Å².